The van der Waals surface area contributed by atoms with Gasteiger partial charge in [0.15, 0.2) is 0 Å². The summed E-state index contributed by atoms with van der Waals surface area (Å²) in [7, 11) is 0. The molecular weight excluding hydrogens is 384 g/mol. The van der Waals surface area contributed by atoms with Gasteiger partial charge >= 0.3 is 0 Å². The number of carbonyl (C=O) groups is 1. The average molecular weight is 409 g/mol. The van der Waals surface area contributed by atoms with Crippen molar-refractivity contribution < 1.29 is 4.79 Å². The lowest BCUT2D eigenvalue weighted by Gasteiger charge is -2.12. The van der Waals surface area contributed by atoms with Gasteiger partial charge in [0.25, 0.3) is 0 Å². The minimum absolute atomic E-state index is 0.457. The highest BCUT2D eigenvalue weighted by Crippen LogP contribution is 2.29. The lowest BCUT2D eigenvalue weighted by molar-refractivity contribution is -0.104. The Bertz CT molecular complexity index is 1170. The summed E-state index contributed by atoms with van der Waals surface area (Å²) in [4.78, 5) is 15.0. The number of pyridine rings is 1. The summed E-state index contributed by atoms with van der Waals surface area (Å²) < 4.78 is 1.92. The number of aromatic nitrogens is 3. The Kier molecular flexibility index (Phi) is 6.45. The highest BCUT2D eigenvalue weighted by atomic mass is 16.1. The molecule has 0 amide bonds. The Hall–Kier alpha value is -3.83. The molecule has 0 spiro atoms. The number of aldehydes is 1. The summed E-state index contributed by atoms with van der Waals surface area (Å²) in [5.74, 6) is 0. The number of nitrogens with one attached hydrogen (secondary N) is 1. The molecule has 2 heterocycles. The third-order valence-electron chi connectivity index (χ3n) is 5.04. The molecular formula is C26H24N4O. The van der Waals surface area contributed by atoms with Crippen LogP contribution in [0.2, 0.25) is 0 Å². The normalized spacial score (nSPS) is 10.7. The molecule has 2 aromatic carbocycles. The van der Waals surface area contributed by atoms with Gasteiger partial charge < -0.3 is 5.32 Å². The lowest BCUT2D eigenvalue weighted by Crippen LogP contribution is -2.17. The summed E-state index contributed by atoms with van der Waals surface area (Å²) in [6.45, 7) is 5.47. The molecule has 0 aliphatic heterocycles. The van der Waals surface area contributed by atoms with Gasteiger partial charge in [0, 0.05) is 37.2 Å². The Balaban J connectivity index is 1.64. The van der Waals surface area contributed by atoms with Crippen LogP contribution in [-0.4, -0.2) is 27.6 Å². The molecule has 31 heavy (non-hydrogen) atoms. The first kappa shape index (κ1) is 20.4. The number of rotatable bonds is 9. The SMILES string of the molecule is C=C(C=O)CNCc1ccc(-c2ccccc2)cc1-c1ccn(Cc2cccnc2)n1. The van der Waals surface area contributed by atoms with E-state index in [9.17, 15) is 4.79 Å². The molecule has 0 aliphatic rings. The predicted octanol–water partition coefficient (Wildman–Crippen LogP) is 4.51. The third kappa shape index (κ3) is 5.21. The van der Waals surface area contributed by atoms with Gasteiger partial charge in [-0.3, -0.25) is 14.5 Å². The van der Waals surface area contributed by atoms with Crippen molar-refractivity contribution in [1.29, 1.82) is 0 Å². The monoisotopic (exact) mass is 408 g/mol. The molecule has 154 valence electrons. The van der Waals surface area contributed by atoms with Gasteiger partial charge in [0.05, 0.1) is 12.2 Å². The molecule has 0 unspecified atom stereocenters. The summed E-state index contributed by atoms with van der Waals surface area (Å²) in [5, 5.41) is 8.11. The molecule has 0 radical (unpaired) electrons. The van der Waals surface area contributed by atoms with Crippen LogP contribution in [0.5, 0.6) is 0 Å². The number of nitrogens with zero attached hydrogens (tertiary/aromatic N) is 3. The van der Waals surface area contributed by atoms with Crippen molar-refractivity contribution >= 4 is 6.29 Å². The van der Waals surface area contributed by atoms with Crippen LogP contribution < -0.4 is 5.32 Å². The average Bonchev–Trinajstić information content (AvgIpc) is 3.28. The molecule has 0 atom stereocenters. The molecule has 1 N–H and O–H groups in total. The molecule has 0 bridgehead atoms. The molecule has 2 aromatic heterocycles. The first-order chi connectivity index (χ1) is 15.2. The highest BCUT2D eigenvalue weighted by molar-refractivity contribution is 5.74. The van der Waals surface area contributed by atoms with Crippen molar-refractivity contribution in [3.63, 3.8) is 0 Å². The second-order valence-electron chi connectivity index (χ2n) is 7.38. The third-order valence-corrected chi connectivity index (χ3v) is 5.04. The quantitative estimate of drug-likeness (QED) is 0.327. The van der Waals surface area contributed by atoms with Crippen LogP contribution in [0.15, 0.2) is 97.5 Å². The zero-order valence-corrected chi connectivity index (χ0v) is 17.2. The Labute approximate surface area is 182 Å². The zero-order chi connectivity index (χ0) is 21.5. The van der Waals surface area contributed by atoms with Crippen LogP contribution in [0.3, 0.4) is 0 Å². The van der Waals surface area contributed by atoms with Crippen LogP contribution in [0.4, 0.5) is 0 Å². The van der Waals surface area contributed by atoms with Crippen molar-refractivity contribution in [2.75, 3.05) is 6.54 Å². The minimum atomic E-state index is 0.457. The summed E-state index contributed by atoms with van der Waals surface area (Å²) in [5.41, 5.74) is 7.02. The molecule has 0 saturated carbocycles. The molecule has 0 aliphatic carbocycles. The van der Waals surface area contributed by atoms with E-state index in [2.05, 4.69) is 47.2 Å². The standard InChI is InChI=1S/C26H24N4O/c1-20(19-31)15-28-17-24-10-9-23(22-7-3-2-4-8-22)14-25(24)26-11-13-30(29-26)18-21-6-5-12-27-16-21/h2-14,16,19,28H,1,15,17-18H2. The summed E-state index contributed by atoms with van der Waals surface area (Å²) >= 11 is 0. The second-order valence-corrected chi connectivity index (χ2v) is 7.38. The van der Waals surface area contributed by atoms with Crippen molar-refractivity contribution in [1.82, 2.24) is 20.1 Å². The maximum atomic E-state index is 10.8. The number of hydrogen-bond donors (Lipinski definition) is 1. The molecule has 4 aromatic rings. The van der Waals surface area contributed by atoms with Crippen LogP contribution in [-0.2, 0) is 17.9 Å². The Morgan fingerprint density at radius 3 is 2.68 bits per heavy atom. The van der Waals surface area contributed by atoms with E-state index in [1.807, 2.05) is 53.5 Å². The van der Waals surface area contributed by atoms with Gasteiger partial charge in [-0.1, -0.05) is 55.1 Å². The van der Waals surface area contributed by atoms with E-state index in [0.717, 1.165) is 39.8 Å². The molecule has 5 heteroatoms. The fraction of sp³-hybridized carbons (Fsp3) is 0.115. The first-order valence-electron chi connectivity index (χ1n) is 10.2. The van der Waals surface area contributed by atoms with E-state index in [1.54, 1.807) is 6.20 Å². The largest absolute Gasteiger partial charge is 0.308 e. The van der Waals surface area contributed by atoms with Gasteiger partial charge in [-0.25, -0.2) is 0 Å². The molecule has 0 saturated heterocycles. The second kappa shape index (κ2) is 9.78. The smallest absolute Gasteiger partial charge is 0.146 e. The van der Waals surface area contributed by atoms with E-state index in [-0.39, 0.29) is 0 Å². The zero-order valence-electron chi connectivity index (χ0n) is 17.2. The van der Waals surface area contributed by atoms with Gasteiger partial charge in [0.1, 0.15) is 6.29 Å². The van der Waals surface area contributed by atoms with Gasteiger partial charge in [-0.05, 0) is 46.0 Å². The maximum absolute atomic E-state index is 10.8. The van der Waals surface area contributed by atoms with Crippen molar-refractivity contribution in [3.8, 4) is 22.4 Å². The number of benzene rings is 2. The van der Waals surface area contributed by atoms with Crippen molar-refractivity contribution in [2.24, 2.45) is 0 Å². The van der Waals surface area contributed by atoms with Gasteiger partial charge in [-0.2, -0.15) is 5.10 Å². The van der Waals surface area contributed by atoms with E-state index in [0.29, 0.717) is 25.2 Å². The number of hydrogen-bond acceptors (Lipinski definition) is 4. The van der Waals surface area contributed by atoms with E-state index in [4.69, 9.17) is 5.10 Å². The van der Waals surface area contributed by atoms with Crippen LogP contribution in [0.1, 0.15) is 11.1 Å². The van der Waals surface area contributed by atoms with Crippen LogP contribution >= 0.6 is 0 Å². The fourth-order valence-corrected chi connectivity index (χ4v) is 3.45. The van der Waals surface area contributed by atoms with E-state index >= 15 is 0 Å². The topological polar surface area (TPSA) is 59.8 Å². The minimum Gasteiger partial charge on any atom is -0.308 e. The number of carbonyl (C=O) groups excluding carboxylic acids is 1. The summed E-state index contributed by atoms with van der Waals surface area (Å²) in [6, 6.07) is 22.7. The molecule has 5 nitrogen and oxygen atoms in total. The van der Waals surface area contributed by atoms with E-state index < -0.39 is 0 Å². The van der Waals surface area contributed by atoms with Crippen molar-refractivity contribution in [3.05, 3.63) is 109 Å². The van der Waals surface area contributed by atoms with Gasteiger partial charge in [-0.15, -0.1) is 0 Å². The Morgan fingerprint density at radius 1 is 1.03 bits per heavy atom. The van der Waals surface area contributed by atoms with Crippen molar-refractivity contribution in [2.45, 2.75) is 13.1 Å². The van der Waals surface area contributed by atoms with Crippen LogP contribution in [0.25, 0.3) is 22.4 Å². The summed E-state index contributed by atoms with van der Waals surface area (Å²) in [6.07, 6.45) is 6.40. The van der Waals surface area contributed by atoms with Crippen LogP contribution in [0, 0.1) is 0 Å². The van der Waals surface area contributed by atoms with E-state index in [1.165, 1.54) is 0 Å². The molecule has 4 rings (SSSR count). The predicted molar refractivity (Wildman–Crippen MR) is 123 cm³/mol. The first-order valence-corrected chi connectivity index (χ1v) is 10.2. The fourth-order valence-electron chi connectivity index (χ4n) is 3.45. The molecule has 0 fully saturated rings. The Morgan fingerprint density at radius 2 is 1.90 bits per heavy atom. The lowest BCUT2D eigenvalue weighted by atomic mass is 9.97. The maximum Gasteiger partial charge on any atom is 0.146 e. The highest BCUT2D eigenvalue weighted by Gasteiger charge is 2.11. The van der Waals surface area contributed by atoms with Gasteiger partial charge in [0.2, 0.25) is 0 Å².